The van der Waals surface area contributed by atoms with E-state index in [0.29, 0.717) is 36.0 Å². The molecule has 29 heavy (non-hydrogen) atoms. The largest absolute Gasteiger partial charge is 0.368 e. The molecule has 142 valence electrons. The highest BCUT2D eigenvalue weighted by Crippen LogP contribution is 2.24. The Hall–Kier alpha value is -4.14. The number of nitrogens with one attached hydrogen (secondary N) is 1. The highest BCUT2D eigenvalue weighted by Gasteiger charge is 2.20. The average molecular weight is 384 g/mol. The number of anilines is 1. The number of nitrogens with zero attached hydrogens (tertiary/aromatic N) is 6. The van der Waals surface area contributed by atoms with E-state index in [1.54, 1.807) is 35.3 Å². The van der Waals surface area contributed by atoms with Gasteiger partial charge in [-0.2, -0.15) is 5.10 Å². The molecule has 0 saturated carbocycles. The highest BCUT2D eigenvalue weighted by atomic mass is 16.2. The van der Waals surface area contributed by atoms with Crippen molar-refractivity contribution in [2.45, 2.75) is 6.54 Å². The number of benzene rings is 1. The molecule has 1 aliphatic rings. The monoisotopic (exact) mass is 384 g/mol. The van der Waals surface area contributed by atoms with Crippen molar-refractivity contribution < 1.29 is 4.79 Å². The summed E-state index contributed by atoms with van der Waals surface area (Å²) in [6, 6.07) is 13.1. The summed E-state index contributed by atoms with van der Waals surface area (Å²) in [6.45, 7) is 1.22. The van der Waals surface area contributed by atoms with E-state index < -0.39 is 0 Å². The van der Waals surface area contributed by atoms with Gasteiger partial charge >= 0.3 is 0 Å². The fourth-order valence-corrected chi connectivity index (χ4v) is 3.23. The molecule has 0 atom stereocenters. The second kappa shape index (κ2) is 6.79. The molecular weight excluding hydrogens is 368 g/mol. The van der Waals surface area contributed by atoms with E-state index >= 15 is 0 Å². The molecule has 0 radical (unpaired) electrons. The van der Waals surface area contributed by atoms with Crippen molar-refractivity contribution in [1.82, 2.24) is 35.0 Å². The lowest BCUT2D eigenvalue weighted by Gasteiger charge is -2.13. The van der Waals surface area contributed by atoms with Gasteiger partial charge in [-0.3, -0.25) is 9.48 Å². The third-order valence-electron chi connectivity index (χ3n) is 4.65. The molecule has 9 nitrogen and oxygen atoms in total. The fraction of sp³-hybridized carbons (Fsp3) is 0.100. The summed E-state index contributed by atoms with van der Waals surface area (Å²) in [4.78, 5) is 29.1. The second-order valence-electron chi connectivity index (χ2n) is 6.54. The number of rotatable bonds is 3. The van der Waals surface area contributed by atoms with Crippen LogP contribution in [0.25, 0.3) is 34.0 Å². The maximum absolute atomic E-state index is 12.0. The molecule has 0 aliphatic carbocycles. The zero-order valence-electron chi connectivity index (χ0n) is 15.3. The average Bonchev–Trinajstić information content (AvgIpc) is 3.20. The van der Waals surface area contributed by atoms with Crippen molar-refractivity contribution in [3.63, 3.8) is 0 Å². The Labute approximate surface area is 165 Å². The molecule has 0 bridgehead atoms. The van der Waals surface area contributed by atoms with Crippen LogP contribution in [0, 0.1) is 0 Å². The lowest BCUT2D eigenvalue weighted by molar-refractivity contribution is 0.0924. The number of hydrogen-bond donors (Lipinski definition) is 2. The van der Waals surface area contributed by atoms with Crippen LogP contribution in [0.3, 0.4) is 0 Å². The highest BCUT2D eigenvalue weighted by molar-refractivity contribution is 5.94. The van der Waals surface area contributed by atoms with Gasteiger partial charge in [0.05, 0.1) is 17.9 Å². The Morgan fingerprint density at radius 3 is 2.45 bits per heavy atom. The topological polar surface area (TPSA) is 124 Å². The molecule has 4 heterocycles. The molecule has 1 aliphatic heterocycles. The predicted octanol–water partition coefficient (Wildman–Crippen LogP) is 1.79. The minimum atomic E-state index is -0.120. The lowest BCUT2D eigenvalue weighted by atomic mass is 10.1. The Bertz CT molecular complexity index is 1220. The van der Waals surface area contributed by atoms with Crippen molar-refractivity contribution in [2.75, 3.05) is 12.3 Å². The molecule has 4 aromatic rings. The second-order valence-corrected chi connectivity index (χ2v) is 6.54. The Morgan fingerprint density at radius 1 is 0.897 bits per heavy atom. The number of fused-ring (bicyclic) bond motifs is 1. The maximum atomic E-state index is 12.0. The molecule has 3 aromatic heterocycles. The van der Waals surface area contributed by atoms with Gasteiger partial charge in [0.15, 0.2) is 5.82 Å². The molecule has 0 saturated heterocycles. The normalized spacial score (nSPS) is 13.0. The van der Waals surface area contributed by atoms with Gasteiger partial charge < -0.3 is 11.1 Å². The van der Waals surface area contributed by atoms with Gasteiger partial charge in [0.1, 0.15) is 11.4 Å². The van der Waals surface area contributed by atoms with Crippen LogP contribution in [0.1, 0.15) is 10.5 Å². The zero-order valence-corrected chi connectivity index (χ0v) is 15.3. The summed E-state index contributed by atoms with van der Waals surface area (Å²) in [7, 11) is 0. The van der Waals surface area contributed by atoms with E-state index in [4.69, 9.17) is 5.73 Å². The number of amides is 1. The first-order valence-corrected chi connectivity index (χ1v) is 9.06. The van der Waals surface area contributed by atoms with Gasteiger partial charge in [-0.15, -0.1) is 0 Å². The van der Waals surface area contributed by atoms with Gasteiger partial charge in [-0.25, -0.2) is 19.9 Å². The van der Waals surface area contributed by atoms with E-state index in [0.717, 1.165) is 16.8 Å². The third kappa shape index (κ3) is 3.18. The molecule has 0 unspecified atom stereocenters. The molecule has 0 fully saturated rings. The first-order chi connectivity index (χ1) is 14.2. The summed E-state index contributed by atoms with van der Waals surface area (Å²) in [6.07, 6.45) is 3.32. The van der Waals surface area contributed by atoms with Gasteiger partial charge in [-0.05, 0) is 18.2 Å². The number of nitrogens with two attached hydrogens (primary N) is 1. The summed E-state index contributed by atoms with van der Waals surface area (Å²) in [5.41, 5.74) is 10.0. The van der Waals surface area contributed by atoms with Crippen LogP contribution in [0.5, 0.6) is 0 Å². The molecule has 1 amide bonds. The number of carbonyl (C=O) groups excluding carboxylic acids is 1. The molecular formula is C20H16N8O. The Morgan fingerprint density at radius 2 is 1.66 bits per heavy atom. The van der Waals surface area contributed by atoms with Gasteiger partial charge in [-0.1, -0.05) is 24.3 Å². The summed E-state index contributed by atoms with van der Waals surface area (Å²) >= 11 is 0. The quantitative estimate of drug-likeness (QED) is 0.552. The van der Waals surface area contributed by atoms with E-state index in [9.17, 15) is 4.79 Å². The molecule has 0 spiro atoms. The van der Waals surface area contributed by atoms with Crippen LogP contribution in [-0.2, 0) is 6.54 Å². The van der Waals surface area contributed by atoms with Gasteiger partial charge in [0.2, 0.25) is 5.95 Å². The smallest absolute Gasteiger partial charge is 0.269 e. The van der Waals surface area contributed by atoms with Gasteiger partial charge in [0, 0.05) is 30.1 Å². The number of nitrogen functional groups attached to an aromatic ring is 1. The van der Waals surface area contributed by atoms with Crippen LogP contribution in [0.4, 0.5) is 5.95 Å². The third-order valence-corrected chi connectivity index (χ3v) is 4.65. The fourth-order valence-electron chi connectivity index (χ4n) is 3.23. The maximum Gasteiger partial charge on any atom is 0.269 e. The van der Waals surface area contributed by atoms with E-state index in [2.05, 4.69) is 30.4 Å². The Kier molecular flexibility index (Phi) is 3.98. The minimum absolute atomic E-state index is 0.120. The molecule has 9 heteroatoms. The Balaban J connectivity index is 1.46. The molecule has 1 aromatic carbocycles. The van der Waals surface area contributed by atoms with Crippen LogP contribution in [0.2, 0.25) is 0 Å². The van der Waals surface area contributed by atoms with Gasteiger partial charge in [0.25, 0.3) is 5.91 Å². The molecule has 3 N–H and O–H groups in total. The van der Waals surface area contributed by atoms with E-state index in [1.807, 2.05) is 24.3 Å². The van der Waals surface area contributed by atoms with E-state index in [1.165, 1.54) is 0 Å². The van der Waals surface area contributed by atoms with Crippen LogP contribution in [-0.4, -0.2) is 42.2 Å². The van der Waals surface area contributed by atoms with Crippen LogP contribution in [0.15, 0.2) is 54.9 Å². The number of hydrogen-bond acceptors (Lipinski definition) is 7. The van der Waals surface area contributed by atoms with Crippen molar-refractivity contribution in [3.05, 3.63) is 60.6 Å². The summed E-state index contributed by atoms with van der Waals surface area (Å²) in [5, 5.41) is 7.32. The van der Waals surface area contributed by atoms with Crippen molar-refractivity contribution in [2.24, 2.45) is 0 Å². The summed E-state index contributed by atoms with van der Waals surface area (Å²) < 4.78 is 1.71. The summed E-state index contributed by atoms with van der Waals surface area (Å²) in [5.74, 6) is 0.691. The van der Waals surface area contributed by atoms with E-state index in [-0.39, 0.29) is 11.9 Å². The first kappa shape index (κ1) is 17.0. The predicted molar refractivity (Wildman–Crippen MR) is 106 cm³/mol. The van der Waals surface area contributed by atoms with Crippen molar-refractivity contribution in [3.8, 4) is 34.0 Å². The number of aromatic nitrogens is 6. The van der Waals surface area contributed by atoms with Crippen molar-refractivity contribution in [1.29, 1.82) is 0 Å². The number of carbonyl (C=O) groups is 1. The molecule has 5 rings (SSSR count). The standard InChI is InChI=1S/C20H16N8O/c21-20-24-8-5-14(26-20)12-1-3-13(4-2-12)18-22-7-6-15(25-18)16-11-17-19(29)23-9-10-28(17)27-16/h1-8,11H,9-10H2,(H,23,29)(H2,21,24,26). The van der Waals surface area contributed by atoms with Crippen molar-refractivity contribution >= 4 is 11.9 Å². The first-order valence-electron chi connectivity index (χ1n) is 9.06. The van der Waals surface area contributed by atoms with Crippen LogP contribution < -0.4 is 11.1 Å². The SMILES string of the molecule is Nc1nccc(-c2ccc(-c3nccc(-c4cc5n(n4)CCNC5=O)n3)cc2)n1. The minimum Gasteiger partial charge on any atom is -0.368 e. The lowest BCUT2D eigenvalue weighted by Crippen LogP contribution is -2.35. The zero-order chi connectivity index (χ0) is 19.8. The van der Waals surface area contributed by atoms with Crippen LogP contribution >= 0.6 is 0 Å².